The molecule has 1 aliphatic rings. The summed E-state index contributed by atoms with van der Waals surface area (Å²) in [5.41, 5.74) is 3.77. The lowest BCUT2D eigenvalue weighted by Crippen LogP contribution is -2.36. The SMILES string of the molecule is Cc1c(O)c(C)c2sc(NCCCC(=O)NC3CCCCC3)nc2c1C. The lowest BCUT2D eigenvalue weighted by molar-refractivity contribution is -0.122. The summed E-state index contributed by atoms with van der Waals surface area (Å²) in [6, 6.07) is 0.385. The first-order valence-electron chi connectivity index (χ1n) is 9.60. The number of carbonyl (C=O) groups excluding carboxylic acids is 1. The summed E-state index contributed by atoms with van der Waals surface area (Å²) in [6.07, 6.45) is 7.36. The van der Waals surface area contributed by atoms with Gasteiger partial charge in [0.1, 0.15) is 5.75 Å². The highest BCUT2D eigenvalue weighted by Crippen LogP contribution is 2.38. The Morgan fingerprint density at radius 2 is 1.88 bits per heavy atom. The first-order valence-corrected chi connectivity index (χ1v) is 10.4. The fourth-order valence-corrected chi connectivity index (χ4v) is 4.69. The highest BCUT2D eigenvalue weighted by Gasteiger charge is 2.16. The highest BCUT2D eigenvalue weighted by molar-refractivity contribution is 7.22. The van der Waals surface area contributed by atoms with E-state index in [1.807, 2.05) is 20.8 Å². The maximum Gasteiger partial charge on any atom is 0.220 e. The standard InChI is InChI=1S/C20H29N3O2S/c1-12-13(2)18(25)14(3)19-17(12)23-20(26-19)21-11-7-10-16(24)22-15-8-5-4-6-9-15/h15,25H,4-11H2,1-3H3,(H,21,23)(H,22,24). The van der Waals surface area contributed by atoms with Crippen molar-refractivity contribution >= 4 is 32.6 Å². The molecule has 5 nitrogen and oxygen atoms in total. The van der Waals surface area contributed by atoms with Gasteiger partial charge >= 0.3 is 0 Å². The molecule has 1 amide bonds. The van der Waals surface area contributed by atoms with Crippen molar-refractivity contribution < 1.29 is 9.90 Å². The molecule has 0 unspecified atom stereocenters. The Morgan fingerprint density at radius 1 is 1.15 bits per heavy atom. The number of anilines is 1. The van der Waals surface area contributed by atoms with Gasteiger partial charge in [-0.25, -0.2) is 4.98 Å². The summed E-state index contributed by atoms with van der Waals surface area (Å²) in [7, 11) is 0. The molecular weight excluding hydrogens is 346 g/mol. The molecule has 1 aliphatic carbocycles. The summed E-state index contributed by atoms with van der Waals surface area (Å²) in [5, 5.41) is 17.6. The number of aryl methyl sites for hydroxylation is 2. The molecule has 26 heavy (non-hydrogen) atoms. The fraction of sp³-hybridized carbons (Fsp3) is 0.600. The molecule has 1 saturated carbocycles. The Hall–Kier alpha value is -1.82. The van der Waals surface area contributed by atoms with Gasteiger partial charge in [0.25, 0.3) is 0 Å². The van der Waals surface area contributed by atoms with Gasteiger partial charge < -0.3 is 15.7 Å². The number of hydrogen-bond acceptors (Lipinski definition) is 5. The van der Waals surface area contributed by atoms with Crippen molar-refractivity contribution in [3.63, 3.8) is 0 Å². The van der Waals surface area contributed by atoms with Crippen molar-refractivity contribution in [1.29, 1.82) is 0 Å². The fourth-order valence-electron chi connectivity index (χ4n) is 3.64. The third-order valence-electron chi connectivity index (χ3n) is 5.42. The van der Waals surface area contributed by atoms with Crippen LogP contribution in [0.15, 0.2) is 0 Å². The molecule has 0 atom stereocenters. The van der Waals surface area contributed by atoms with Crippen molar-refractivity contribution in [2.75, 3.05) is 11.9 Å². The third-order valence-corrected chi connectivity index (χ3v) is 6.56. The molecule has 0 bridgehead atoms. The Bertz CT molecular complexity index is 749. The first-order chi connectivity index (χ1) is 12.5. The molecule has 0 spiro atoms. The number of rotatable bonds is 6. The zero-order chi connectivity index (χ0) is 18.7. The number of aromatic nitrogens is 1. The summed E-state index contributed by atoms with van der Waals surface area (Å²) < 4.78 is 1.03. The predicted molar refractivity (Wildman–Crippen MR) is 108 cm³/mol. The van der Waals surface area contributed by atoms with Gasteiger partial charge in [0.2, 0.25) is 5.91 Å². The number of aromatic hydroxyl groups is 1. The minimum atomic E-state index is 0.162. The molecule has 0 radical (unpaired) electrons. The van der Waals surface area contributed by atoms with Crippen LogP contribution in [-0.2, 0) is 4.79 Å². The van der Waals surface area contributed by atoms with Crippen molar-refractivity contribution in [3.8, 4) is 5.75 Å². The summed E-state index contributed by atoms with van der Waals surface area (Å²) >= 11 is 1.57. The Morgan fingerprint density at radius 3 is 2.62 bits per heavy atom. The Labute approximate surface area is 159 Å². The molecule has 0 aliphatic heterocycles. The van der Waals surface area contributed by atoms with E-state index in [-0.39, 0.29) is 5.91 Å². The molecule has 0 saturated heterocycles. The van der Waals surface area contributed by atoms with Crippen LogP contribution < -0.4 is 10.6 Å². The average Bonchev–Trinajstić information content (AvgIpc) is 3.07. The molecule has 1 aromatic heterocycles. The average molecular weight is 376 g/mol. The zero-order valence-corrected chi connectivity index (χ0v) is 16.8. The number of phenolic OH excluding ortho intramolecular Hbond substituents is 1. The van der Waals surface area contributed by atoms with Crippen LogP contribution in [0.2, 0.25) is 0 Å². The second kappa shape index (κ2) is 8.25. The number of fused-ring (bicyclic) bond motifs is 1. The van der Waals surface area contributed by atoms with Gasteiger partial charge in [0, 0.05) is 24.6 Å². The summed E-state index contributed by atoms with van der Waals surface area (Å²) in [5.74, 6) is 0.528. The lowest BCUT2D eigenvalue weighted by Gasteiger charge is -2.22. The van der Waals surface area contributed by atoms with E-state index >= 15 is 0 Å². The molecular formula is C20H29N3O2S. The van der Waals surface area contributed by atoms with Crippen LogP contribution in [0.3, 0.4) is 0 Å². The number of thiazole rings is 1. The van der Waals surface area contributed by atoms with E-state index in [9.17, 15) is 9.90 Å². The number of carbonyl (C=O) groups is 1. The molecule has 142 valence electrons. The normalized spacial score (nSPS) is 15.3. The van der Waals surface area contributed by atoms with Crippen molar-refractivity contribution in [1.82, 2.24) is 10.3 Å². The molecule has 3 N–H and O–H groups in total. The third kappa shape index (κ3) is 4.11. The minimum absolute atomic E-state index is 0.162. The molecule has 1 aromatic carbocycles. The van der Waals surface area contributed by atoms with E-state index < -0.39 is 0 Å². The van der Waals surface area contributed by atoms with Crippen LogP contribution in [0, 0.1) is 20.8 Å². The van der Waals surface area contributed by atoms with Crippen LogP contribution in [0.5, 0.6) is 5.75 Å². The van der Waals surface area contributed by atoms with Crippen LogP contribution in [0.1, 0.15) is 61.6 Å². The second-order valence-electron chi connectivity index (χ2n) is 7.35. The maximum absolute atomic E-state index is 12.0. The molecule has 1 heterocycles. The van der Waals surface area contributed by atoms with Gasteiger partial charge in [-0.1, -0.05) is 30.6 Å². The van der Waals surface area contributed by atoms with Crippen molar-refractivity contribution in [3.05, 3.63) is 16.7 Å². The number of nitrogens with zero attached hydrogens (tertiary/aromatic N) is 1. The predicted octanol–water partition coefficient (Wildman–Crippen LogP) is 4.57. The zero-order valence-electron chi connectivity index (χ0n) is 15.9. The van der Waals surface area contributed by atoms with Gasteiger partial charge in [-0.05, 0) is 51.2 Å². The van der Waals surface area contributed by atoms with E-state index in [4.69, 9.17) is 0 Å². The van der Waals surface area contributed by atoms with Gasteiger partial charge in [0.05, 0.1) is 10.2 Å². The van der Waals surface area contributed by atoms with Crippen LogP contribution in [0.25, 0.3) is 10.2 Å². The molecule has 6 heteroatoms. The largest absolute Gasteiger partial charge is 0.507 e. The van der Waals surface area contributed by atoms with Crippen LogP contribution in [0.4, 0.5) is 5.13 Å². The monoisotopic (exact) mass is 375 g/mol. The van der Waals surface area contributed by atoms with E-state index in [0.717, 1.165) is 57.8 Å². The van der Waals surface area contributed by atoms with Gasteiger partial charge in [-0.15, -0.1) is 0 Å². The van der Waals surface area contributed by atoms with Gasteiger partial charge in [-0.3, -0.25) is 4.79 Å². The smallest absolute Gasteiger partial charge is 0.220 e. The topological polar surface area (TPSA) is 74.2 Å². The van der Waals surface area contributed by atoms with Crippen molar-refractivity contribution in [2.24, 2.45) is 0 Å². The van der Waals surface area contributed by atoms with Gasteiger partial charge in [-0.2, -0.15) is 0 Å². The van der Waals surface area contributed by atoms with E-state index in [1.54, 1.807) is 11.3 Å². The number of hydrogen-bond donors (Lipinski definition) is 3. The second-order valence-corrected chi connectivity index (χ2v) is 8.35. The summed E-state index contributed by atoms with van der Waals surface area (Å²) in [6.45, 7) is 6.58. The van der Waals surface area contributed by atoms with E-state index in [1.165, 1.54) is 19.3 Å². The number of amides is 1. The Kier molecular flexibility index (Phi) is 6.01. The van der Waals surface area contributed by atoms with E-state index in [2.05, 4.69) is 15.6 Å². The number of benzene rings is 1. The molecule has 1 fully saturated rings. The number of phenols is 1. The number of nitrogens with one attached hydrogen (secondary N) is 2. The van der Waals surface area contributed by atoms with Crippen LogP contribution >= 0.6 is 11.3 Å². The minimum Gasteiger partial charge on any atom is -0.507 e. The molecule has 2 aromatic rings. The quantitative estimate of drug-likeness (QED) is 0.647. The highest BCUT2D eigenvalue weighted by atomic mass is 32.1. The first kappa shape index (κ1) is 19.0. The Balaban J connectivity index is 1.51. The van der Waals surface area contributed by atoms with Crippen LogP contribution in [-0.4, -0.2) is 28.6 Å². The van der Waals surface area contributed by atoms with Crippen molar-refractivity contribution in [2.45, 2.75) is 71.8 Å². The summed E-state index contributed by atoms with van der Waals surface area (Å²) in [4.78, 5) is 16.7. The van der Waals surface area contributed by atoms with Gasteiger partial charge in [0.15, 0.2) is 5.13 Å². The molecule has 3 rings (SSSR count). The maximum atomic E-state index is 12.0. The van der Waals surface area contributed by atoms with E-state index in [0.29, 0.717) is 18.2 Å². The lowest BCUT2D eigenvalue weighted by atomic mass is 9.95.